The van der Waals surface area contributed by atoms with Gasteiger partial charge in [0.15, 0.2) is 8.32 Å². The van der Waals surface area contributed by atoms with Crippen LogP contribution in [0.4, 0.5) is 5.69 Å². The van der Waals surface area contributed by atoms with Crippen LogP contribution in [0.3, 0.4) is 0 Å². The first kappa shape index (κ1) is 39.4. The van der Waals surface area contributed by atoms with Gasteiger partial charge in [0, 0.05) is 43.2 Å². The molecule has 1 aliphatic carbocycles. The van der Waals surface area contributed by atoms with Gasteiger partial charge in [-0.25, -0.2) is 0 Å². The molecule has 4 N–H and O–H groups in total. The minimum atomic E-state index is -2.21. The molecule has 1 aliphatic heterocycles. The number of carbonyl (C=O) groups is 2. The van der Waals surface area contributed by atoms with Crippen molar-refractivity contribution in [2.24, 2.45) is 0 Å². The van der Waals surface area contributed by atoms with Crippen LogP contribution in [-0.4, -0.2) is 48.5 Å². The smallest absolute Gasteiger partial charge is 0.314 e. The zero-order valence-electron chi connectivity index (χ0n) is 32.6. The molecule has 1 fully saturated rings. The van der Waals surface area contributed by atoms with E-state index in [1.807, 2.05) is 23.1 Å². The first-order chi connectivity index (χ1) is 25.7. The number of carboxylic acids is 1. The lowest BCUT2D eigenvalue weighted by Crippen LogP contribution is -2.43. The number of fused-ring (bicyclic) bond motifs is 2. The highest BCUT2D eigenvalue weighted by molar-refractivity contribution is 6.74. The van der Waals surface area contributed by atoms with Crippen molar-refractivity contribution in [1.82, 2.24) is 10.3 Å². The number of amides is 1. The van der Waals surface area contributed by atoms with Crippen molar-refractivity contribution in [2.75, 3.05) is 18.0 Å². The van der Waals surface area contributed by atoms with Crippen LogP contribution in [0.15, 0.2) is 71.5 Å². The fourth-order valence-electron chi connectivity index (χ4n) is 8.01. The number of rotatable bonds is 14. The van der Waals surface area contributed by atoms with Gasteiger partial charge in [0.05, 0.1) is 17.0 Å². The third-order valence-corrected chi connectivity index (χ3v) is 16.7. The van der Waals surface area contributed by atoms with Crippen LogP contribution >= 0.6 is 0 Å². The van der Waals surface area contributed by atoms with E-state index >= 15 is 0 Å². The van der Waals surface area contributed by atoms with Crippen LogP contribution in [0.5, 0.6) is 5.75 Å². The SMILES string of the molecule is CC(C)(C)[Si](C)(C)O[C@@H](CNCc1ccc2c(c1)CCC(=O)N2CCCCc1cccc(C2(C(=O)O)CCCCC2)c1)c1ccc(O)c2[nH]c(=O)ccc12. The highest BCUT2D eigenvalue weighted by Gasteiger charge is 2.42. The number of carbonyl (C=O) groups excluding carboxylic acids is 1. The zero-order chi connectivity index (χ0) is 38.7. The van der Waals surface area contributed by atoms with Crippen molar-refractivity contribution in [3.8, 4) is 5.75 Å². The van der Waals surface area contributed by atoms with Gasteiger partial charge in [0.2, 0.25) is 11.5 Å². The number of aryl methyl sites for hydroxylation is 2. The van der Waals surface area contributed by atoms with Crippen LogP contribution in [0.2, 0.25) is 18.1 Å². The summed E-state index contributed by atoms with van der Waals surface area (Å²) in [7, 11) is -2.21. The molecule has 1 aromatic heterocycles. The number of phenols is 1. The molecule has 9 nitrogen and oxygen atoms in total. The van der Waals surface area contributed by atoms with E-state index in [-0.39, 0.29) is 28.4 Å². The number of aromatic amines is 1. The van der Waals surface area contributed by atoms with Gasteiger partial charge in [-0.1, -0.05) is 82.5 Å². The number of anilines is 1. The molecule has 288 valence electrons. The number of nitrogens with zero attached hydrogens (tertiary/aromatic N) is 1. The summed E-state index contributed by atoms with van der Waals surface area (Å²) in [6.45, 7) is 12.9. The van der Waals surface area contributed by atoms with Gasteiger partial charge in [0.1, 0.15) is 5.75 Å². The van der Waals surface area contributed by atoms with E-state index in [4.69, 9.17) is 4.43 Å². The highest BCUT2D eigenvalue weighted by Crippen LogP contribution is 2.42. The number of H-pyrrole nitrogens is 1. The summed E-state index contributed by atoms with van der Waals surface area (Å²) in [5.74, 6) is -0.519. The predicted octanol–water partition coefficient (Wildman–Crippen LogP) is 8.68. The Morgan fingerprint density at radius 3 is 2.48 bits per heavy atom. The standard InChI is InChI=1S/C44H57N3O6Si/c1-43(2,3)54(4,5)53-38(34-17-20-37(48)41-35(34)18-21-39(49)46-41)29-45-28-31-15-19-36-32(26-31)16-22-40(50)47(36)25-10-7-12-30-13-11-14-33(27-30)44(42(51)52)23-8-6-9-24-44/h11,13-15,17-21,26-27,38,45,48H,6-10,12,16,22-25,28-29H2,1-5H3,(H,46,49)(H,51,52)/t38-/m0/s1. The van der Waals surface area contributed by atoms with E-state index in [0.29, 0.717) is 50.8 Å². The van der Waals surface area contributed by atoms with Gasteiger partial charge in [0.25, 0.3) is 0 Å². The maximum Gasteiger partial charge on any atom is 0.314 e. The first-order valence-electron chi connectivity index (χ1n) is 19.7. The lowest BCUT2D eigenvalue weighted by atomic mass is 9.69. The van der Waals surface area contributed by atoms with E-state index in [2.05, 4.69) is 74.5 Å². The van der Waals surface area contributed by atoms with Crippen molar-refractivity contribution in [3.05, 3.63) is 105 Å². The van der Waals surface area contributed by atoms with Crippen LogP contribution in [0, 0.1) is 0 Å². The Bertz CT molecular complexity index is 2040. The second-order valence-electron chi connectivity index (χ2n) is 16.9. The van der Waals surface area contributed by atoms with Crippen molar-refractivity contribution < 1.29 is 24.2 Å². The molecule has 2 heterocycles. The first-order valence-corrected chi connectivity index (χ1v) is 22.6. The minimum Gasteiger partial charge on any atom is -0.506 e. The second-order valence-corrected chi connectivity index (χ2v) is 21.7. The summed E-state index contributed by atoms with van der Waals surface area (Å²) in [5.41, 5.74) is 5.68. The Morgan fingerprint density at radius 2 is 1.74 bits per heavy atom. The fraction of sp³-hybridized carbons (Fsp3) is 0.477. The van der Waals surface area contributed by atoms with E-state index in [1.54, 1.807) is 12.1 Å². The summed E-state index contributed by atoms with van der Waals surface area (Å²) in [4.78, 5) is 42.4. The van der Waals surface area contributed by atoms with Gasteiger partial charge >= 0.3 is 5.97 Å². The molecule has 1 amide bonds. The molecule has 2 aliphatic rings. The summed E-state index contributed by atoms with van der Waals surface area (Å²) in [5, 5.41) is 25.1. The number of aromatic nitrogens is 1. The van der Waals surface area contributed by atoms with Crippen molar-refractivity contribution in [1.29, 1.82) is 0 Å². The van der Waals surface area contributed by atoms with E-state index in [0.717, 1.165) is 71.9 Å². The van der Waals surface area contributed by atoms with E-state index in [1.165, 1.54) is 11.6 Å². The highest BCUT2D eigenvalue weighted by atomic mass is 28.4. The predicted molar refractivity (Wildman–Crippen MR) is 218 cm³/mol. The van der Waals surface area contributed by atoms with Gasteiger partial charge in [-0.2, -0.15) is 0 Å². The Morgan fingerprint density at radius 1 is 0.963 bits per heavy atom. The molecule has 0 bridgehead atoms. The Hall–Kier alpha value is -4.25. The quantitative estimate of drug-likeness (QED) is 0.0749. The third-order valence-electron chi connectivity index (χ3n) is 12.2. The average Bonchev–Trinajstić information content (AvgIpc) is 3.14. The number of phenolic OH excluding ortho intramolecular Hbond substituents is 1. The normalized spacial score (nSPS) is 16.7. The zero-order valence-corrected chi connectivity index (χ0v) is 33.6. The number of unbranched alkanes of at least 4 members (excludes halogenated alkanes) is 1. The number of aliphatic carboxylic acids is 1. The van der Waals surface area contributed by atoms with Crippen LogP contribution in [0.25, 0.3) is 10.9 Å². The van der Waals surface area contributed by atoms with Gasteiger partial charge in [-0.05, 0) is 103 Å². The van der Waals surface area contributed by atoms with Crippen molar-refractivity contribution >= 4 is 36.8 Å². The van der Waals surface area contributed by atoms with E-state index < -0.39 is 19.7 Å². The number of hydrogen-bond acceptors (Lipinski definition) is 6. The number of pyridine rings is 1. The van der Waals surface area contributed by atoms with Gasteiger partial charge < -0.3 is 29.8 Å². The van der Waals surface area contributed by atoms with Crippen LogP contribution in [-0.2, 0) is 38.8 Å². The summed E-state index contributed by atoms with van der Waals surface area (Å²) in [6.07, 6.45) is 7.93. The second kappa shape index (κ2) is 16.2. The molecule has 0 unspecified atom stereocenters. The molecule has 3 aromatic carbocycles. The maximum absolute atomic E-state index is 13.1. The lowest BCUT2D eigenvalue weighted by Gasteiger charge is -2.39. The monoisotopic (exact) mass is 751 g/mol. The molecule has 1 saturated carbocycles. The summed E-state index contributed by atoms with van der Waals surface area (Å²) < 4.78 is 6.98. The molecular formula is C44H57N3O6Si. The van der Waals surface area contributed by atoms with Gasteiger partial charge in [-0.15, -0.1) is 0 Å². The maximum atomic E-state index is 13.1. The lowest BCUT2D eigenvalue weighted by molar-refractivity contribution is -0.145. The van der Waals surface area contributed by atoms with Crippen LogP contribution < -0.4 is 15.8 Å². The van der Waals surface area contributed by atoms with Crippen LogP contribution in [0.1, 0.15) is 106 Å². The number of hydrogen-bond donors (Lipinski definition) is 4. The minimum absolute atomic E-state index is 0.0148. The molecule has 1 atom stereocenters. The number of aromatic hydroxyl groups is 1. The largest absolute Gasteiger partial charge is 0.506 e. The summed E-state index contributed by atoms with van der Waals surface area (Å²) >= 11 is 0. The summed E-state index contributed by atoms with van der Waals surface area (Å²) in [6, 6.07) is 21.3. The molecule has 0 radical (unpaired) electrons. The Kier molecular flexibility index (Phi) is 11.9. The topological polar surface area (TPSA) is 132 Å². The molecular weight excluding hydrogens is 695 g/mol. The Labute approximate surface area is 320 Å². The van der Waals surface area contributed by atoms with Crippen molar-refractivity contribution in [3.63, 3.8) is 0 Å². The molecule has 10 heteroatoms. The number of benzene rings is 3. The molecule has 54 heavy (non-hydrogen) atoms. The molecule has 0 saturated heterocycles. The molecule has 0 spiro atoms. The van der Waals surface area contributed by atoms with Crippen molar-refractivity contribution in [2.45, 2.75) is 121 Å². The third kappa shape index (κ3) is 8.51. The molecule has 6 rings (SSSR count). The van der Waals surface area contributed by atoms with E-state index in [9.17, 15) is 24.6 Å². The Balaban J connectivity index is 1.10. The fourth-order valence-corrected chi connectivity index (χ4v) is 9.28. The number of carboxylic acid groups (broad SMARTS) is 1. The molecule has 4 aromatic rings. The number of nitrogens with one attached hydrogen (secondary N) is 2. The van der Waals surface area contributed by atoms with Gasteiger partial charge in [-0.3, -0.25) is 14.4 Å². The average molecular weight is 752 g/mol.